The molecule has 224 valence electrons. The maximum absolute atomic E-state index is 13.7. The second-order valence-electron chi connectivity index (χ2n) is 11.3. The van der Waals surface area contributed by atoms with Gasteiger partial charge in [0.2, 0.25) is 11.9 Å². The fourth-order valence-corrected chi connectivity index (χ4v) is 6.26. The molecule has 43 heavy (non-hydrogen) atoms. The van der Waals surface area contributed by atoms with Crippen molar-refractivity contribution in [3.63, 3.8) is 0 Å². The number of anilines is 4. The summed E-state index contributed by atoms with van der Waals surface area (Å²) in [5, 5.41) is 7.04. The molecule has 1 saturated carbocycles. The maximum Gasteiger partial charge on any atom is 0.247 e. The Hall–Kier alpha value is -4.44. The zero-order chi connectivity index (χ0) is 29.8. The summed E-state index contributed by atoms with van der Waals surface area (Å²) in [6, 6.07) is 12.1. The van der Waals surface area contributed by atoms with Gasteiger partial charge in [0.1, 0.15) is 17.4 Å². The number of benzene rings is 2. The Morgan fingerprint density at radius 2 is 1.88 bits per heavy atom. The molecule has 10 heteroatoms. The Labute approximate surface area is 251 Å². The van der Waals surface area contributed by atoms with E-state index in [4.69, 9.17) is 9.72 Å². The summed E-state index contributed by atoms with van der Waals surface area (Å²) in [6.07, 6.45) is 11.6. The highest BCUT2D eigenvalue weighted by molar-refractivity contribution is 6.02. The summed E-state index contributed by atoms with van der Waals surface area (Å²) in [5.74, 6) is 1.82. The van der Waals surface area contributed by atoms with Crippen LogP contribution in [0.4, 0.5) is 27.4 Å². The standard InChI is InChI=1S/C33H38FN7O2/c1-3-32(42)36-26-20-27(37-33-35-13-11-31(38-33)41-14-12-24-19-25(34)9-10-28(24)41)30(43-2)21-29(26)40-17-15-39(16-18-40)22-23-7-5-4-6-8-23/h3,9-14,19-21,23H,1,4-8,15-18,22H2,2H3,(H,36,42)(H,35,37,38). The Balaban J connectivity index is 1.24. The largest absolute Gasteiger partial charge is 0.494 e. The van der Waals surface area contributed by atoms with Gasteiger partial charge in [-0.1, -0.05) is 25.8 Å². The third kappa shape index (κ3) is 6.49. The molecule has 2 N–H and O–H groups in total. The van der Waals surface area contributed by atoms with Crippen LogP contribution in [0.2, 0.25) is 0 Å². The molecule has 1 aliphatic heterocycles. The molecule has 0 unspecified atom stereocenters. The van der Waals surface area contributed by atoms with Crippen LogP contribution < -0.4 is 20.3 Å². The van der Waals surface area contributed by atoms with Crippen molar-refractivity contribution in [2.45, 2.75) is 32.1 Å². The number of carbonyl (C=O) groups is 1. The number of methoxy groups -OCH3 is 1. The quantitative estimate of drug-likeness (QED) is 0.229. The Bertz CT molecular complexity index is 1610. The molecule has 0 spiro atoms. The number of carbonyl (C=O) groups excluding carboxylic acids is 1. The minimum absolute atomic E-state index is 0.286. The SMILES string of the molecule is C=CC(=O)Nc1cc(Nc2nccc(-n3ccc4cc(F)ccc43)n2)c(OC)cc1N1CCN(CC2CCCCC2)CC1. The van der Waals surface area contributed by atoms with Crippen LogP contribution in [0.1, 0.15) is 32.1 Å². The molecular weight excluding hydrogens is 545 g/mol. The van der Waals surface area contributed by atoms with Crippen molar-refractivity contribution < 1.29 is 13.9 Å². The van der Waals surface area contributed by atoms with Gasteiger partial charge in [0.15, 0.2) is 0 Å². The summed E-state index contributed by atoms with van der Waals surface area (Å²) in [6.45, 7) is 8.49. The van der Waals surface area contributed by atoms with Crippen molar-refractivity contribution in [2.75, 3.05) is 55.4 Å². The highest BCUT2D eigenvalue weighted by Crippen LogP contribution is 2.39. The zero-order valence-electron chi connectivity index (χ0n) is 24.6. The van der Waals surface area contributed by atoms with Crippen LogP contribution >= 0.6 is 0 Å². The summed E-state index contributed by atoms with van der Waals surface area (Å²) in [4.78, 5) is 26.5. The molecule has 1 aliphatic carbocycles. The number of aromatic nitrogens is 3. The van der Waals surface area contributed by atoms with Gasteiger partial charge in [-0.3, -0.25) is 9.69 Å². The first-order valence-electron chi connectivity index (χ1n) is 15.0. The van der Waals surface area contributed by atoms with Crippen LogP contribution in [0.3, 0.4) is 0 Å². The number of hydrogen-bond acceptors (Lipinski definition) is 7. The van der Waals surface area contributed by atoms with E-state index in [1.54, 1.807) is 25.4 Å². The lowest BCUT2D eigenvalue weighted by Crippen LogP contribution is -2.48. The van der Waals surface area contributed by atoms with E-state index in [1.165, 1.54) is 56.9 Å². The van der Waals surface area contributed by atoms with Crippen molar-refractivity contribution in [2.24, 2.45) is 5.92 Å². The lowest BCUT2D eigenvalue weighted by atomic mass is 9.89. The number of halogens is 1. The van der Waals surface area contributed by atoms with Crippen molar-refractivity contribution in [1.82, 2.24) is 19.4 Å². The molecule has 0 atom stereocenters. The van der Waals surface area contributed by atoms with Crippen LogP contribution in [-0.4, -0.2) is 65.2 Å². The van der Waals surface area contributed by atoms with Gasteiger partial charge < -0.3 is 24.8 Å². The van der Waals surface area contributed by atoms with Crippen molar-refractivity contribution in [1.29, 1.82) is 0 Å². The summed E-state index contributed by atoms with van der Waals surface area (Å²) >= 11 is 0. The van der Waals surface area contributed by atoms with Gasteiger partial charge in [-0.05, 0) is 61.2 Å². The first kappa shape index (κ1) is 28.7. The maximum atomic E-state index is 13.7. The molecule has 3 heterocycles. The van der Waals surface area contributed by atoms with E-state index in [-0.39, 0.29) is 11.7 Å². The molecule has 2 aromatic heterocycles. The number of nitrogens with zero attached hydrogens (tertiary/aromatic N) is 5. The Kier molecular flexibility index (Phi) is 8.55. The van der Waals surface area contributed by atoms with Crippen LogP contribution in [0, 0.1) is 11.7 Å². The minimum Gasteiger partial charge on any atom is -0.494 e. The number of ether oxygens (including phenoxy) is 1. The highest BCUT2D eigenvalue weighted by atomic mass is 19.1. The average Bonchev–Trinajstić information content (AvgIpc) is 3.45. The van der Waals surface area contributed by atoms with Gasteiger partial charge in [0, 0.05) is 56.6 Å². The van der Waals surface area contributed by atoms with E-state index < -0.39 is 0 Å². The van der Waals surface area contributed by atoms with Crippen LogP contribution in [0.25, 0.3) is 16.7 Å². The smallest absolute Gasteiger partial charge is 0.247 e. The number of rotatable bonds is 9. The van der Waals surface area contributed by atoms with Crippen LogP contribution in [0.15, 0.2) is 67.5 Å². The molecule has 2 aliphatic rings. The van der Waals surface area contributed by atoms with Crippen LogP contribution in [0.5, 0.6) is 5.75 Å². The third-order valence-electron chi connectivity index (χ3n) is 8.50. The van der Waals surface area contributed by atoms with Crippen molar-refractivity contribution >= 4 is 39.8 Å². The number of nitrogens with one attached hydrogen (secondary N) is 2. The monoisotopic (exact) mass is 583 g/mol. The predicted octanol–water partition coefficient (Wildman–Crippen LogP) is 6.14. The molecule has 4 aromatic rings. The number of amides is 1. The summed E-state index contributed by atoms with van der Waals surface area (Å²) in [5.41, 5.74) is 3.00. The van der Waals surface area contributed by atoms with Gasteiger partial charge >= 0.3 is 0 Å². The van der Waals surface area contributed by atoms with E-state index in [0.717, 1.165) is 48.7 Å². The fraction of sp³-hybridized carbons (Fsp3) is 0.364. The van der Waals surface area contributed by atoms with E-state index in [2.05, 4.69) is 32.0 Å². The van der Waals surface area contributed by atoms with Gasteiger partial charge in [0.05, 0.1) is 29.7 Å². The lowest BCUT2D eigenvalue weighted by molar-refractivity contribution is -0.111. The molecular formula is C33H38FN7O2. The van der Waals surface area contributed by atoms with E-state index in [0.29, 0.717) is 28.9 Å². The molecule has 0 bridgehead atoms. The zero-order valence-corrected chi connectivity index (χ0v) is 24.6. The normalized spacial score (nSPS) is 16.3. The molecule has 6 rings (SSSR count). The van der Waals surface area contributed by atoms with E-state index >= 15 is 0 Å². The first-order chi connectivity index (χ1) is 21.0. The summed E-state index contributed by atoms with van der Waals surface area (Å²) in [7, 11) is 1.62. The number of fused-ring (bicyclic) bond motifs is 1. The molecule has 1 saturated heterocycles. The molecule has 9 nitrogen and oxygen atoms in total. The minimum atomic E-state index is -0.289. The average molecular weight is 584 g/mol. The van der Waals surface area contributed by atoms with E-state index in [1.807, 2.05) is 29.0 Å². The van der Waals surface area contributed by atoms with Crippen molar-refractivity contribution in [3.8, 4) is 11.6 Å². The molecule has 0 radical (unpaired) electrons. The van der Waals surface area contributed by atoms with Crippen molar-refractivity contribution in [3.05, 3.63) is 73.3 Å². The first-order valence-corrected chi connectivity index (χ1v) is 15.0. The second-order valence-corrected chi connectivity index (χ2v) is 11.3. The second kappa shape index (κ2) is 12.8. The van der Waals surface area contributed by atoms with Gasteiger partial charge in [-0.25, -0.2) is 9.37 Å². The number of hydrogen-bond donors (Lipinski definition) is 2. The predicted molar refractivity (Wildman–Crippen MR) is 169 cm³/mol. The van der Waals surface area contributed by atoms with Gasteiger partial charge in [-0.2, -0.15) is 4.98 Å². The molecule has 1 amide bonds. The van der Waals surface area contributed by atoms with E-state index in [9.17, 15) is 9.18 Å². The number of piperazine rings is 1. The fourth-order valence-electron chi connectivity index (χ4n) is 6.26. The third-order valence-corrected chi connectivity index (χ3v) is 8.50. The lowest BCUT2D eigenvalue weighted by Gasteiger charge is -2.39. The summed E-state index contributed by atoms with van der Waals surface area (Å²) < 4.78 is 21.4. The Morgan fingerprint density at radius 1 is 1.07 bits per heavy atom. The van der Waals surface area contributed by atoms with Gasteiger partial charge in [-0.15, -0.1) is 0 Å². The molecule has 2 aromatic carbocycles. The van der Waals surface area contributed by atoms with Gasteiger partial charge in [0.25, 0.3) is 0 Å². The molecule has 2 fully saturated rings. The topological polar surface area (TPSA) is 87.5 Å². The highest BCUT2D eigenvalue weighted by Gasteiger charge is 2.24. The van der Waals surface area contributed by atoms with Crippen LogP contribution in [-0.2, 0) is 4.79 Å². The Morgan fingerprint density at radius 3 is 2.65 bits per heavy atom.